The lowest BCUT2D eigenvalue weighted by Gasteiger charge is -2.22. The molecule has 0 amide bonds. The Balaban J connectivity index is 0.00000225. The van der Waals surface area contributed by atoms with Crippen molar-refractivity contribution in [2.45, 2.75) is 6.42 Å². The number of halogens is 4. The molecule has 3 rings (SSSR count). The number of hydrogen-bond acceptors (Lipinski definition) is 3. The molecular formula is C15H15ClF3N3O2S. The molecule has 25 heavy (non-hydrogen) atoms. The van der Waals surface area contributed by atoms with Gasteiger partial charge in [-0.15, -0.1) is 12.4 Å². The SMILES string of the molecule is Cl.NCCCN1c2ccccc2N(c2c(F)cc(F)cc2F)S1(=O)=O. The highest BCUT2D eigenvalue weighted by Crippen LogP contribution is 2.46. The summed E-state index contributed by atoms with van der Waals surface area (Å²) in [7, 11) is -4.26. The van der Waals surface area contributed by atoms with Crippen molar-refractivity contribution in [1.29, 1.82) is 0 Å². The standard InChI is InChI=1S/C15H14F3N3O2S.ClH/c16-10-8-11(17)15(12(18)9-10)21-14-5-2-1-4-13(14)20(7-3-6-19)24(21,22)23;/h1-2,4-5,8-9H,3,6-7,19H2;1H. The first-order valence-electron chi connectivity index (χ1n) is 7.14. The number of para-hydroxylation sites is 2. The third-order valence-corrected chi connectivity index (χ3v) is 5.41. The minimum Gasteiger partial charge on any atom is -0.330 e. The summed E-state index contributed by atoms with van der Waals surface area (Å²) in [5, 5.41) is 0. The molecule has 0 saturated carbocycles. The molecule has 0 bridgehead atoms. The van der Waals surface area contributed by atoms with Gasteiger partial charge in [-0.25, -0.2) is 17.5 Å². The Kier molecular flexibility index (Phi) is 5.50. The molecule has 0 aromatic heterocycles. The third-order valence-electron chi connectivity index (χ3n) is 3.63. The van der Waals surface area contributed by atoms with Gasteiger partial charge in [0.25, 0.3) is 0 Å². The van der Waals surface area contributed by atoms with Gasteiger partial charge < -0.3 is 5.73 Å². The van der Waals surface area contributed by atoms with Crippen LogP contribution in [0, 0.1) is 17.5 Å². The Labute approximate surface area is 149 Å². The van der Waals surface area contributed by atoms with Crippen LogP contribution in [0.3, 0.4) is 0 Å². The Bertz CT molecular complexity index is 872. The molecule has 1 heterocycles. The van der Waals surface area contributed by atoms with E-state index < -0.39 is 33.3 Å². The van der Waals surface area contributed by atoms with E-state index in [2.05, 4.69) is 0 Å². The molecule has 136 valence electrons. The Morgan fingerprint density at radius 3 is 2.12 bits per heavy atom. The van der Waals surface area contributed by atoms with Crippen LogP contribution >= 0.6 is 12.4 Å². The Morgan fingerprint density at radius 1 is 1.00 bits per heavy atom. The van der Waals surface area contributed by atoms with E-state index in [9.17, 15) is 21.6 Å². The summed E-state index contributed by atoms with van der Waals surface area (Å²) in [5.74, 6) is -3.73. The summed E-state index contributed by atoms with van der Waals surface area (Å²) in [6, 6.07) is 7.01. The van der Waals surface area contributed by atoms with Gasteiger partial charge >= 0.3 is 10.2 Å². The lowest BCUT2D eigenvalue weighted by molar-refractivity contribution is 0.543. The molecule has 0 unspecified atom stereocenters. The smallest absolute Gasteiger partial charge is 0.330 e. The summed E-state index contributed by atoms with van der Waals surface area (Å²) < 4.78 is 68.7. The zero-order valence-electron chi connectivity index (χ0n) is 12.8. The van der Waals surface area contributed by atoms with Crippen molar-refractivity contribution in [1.82, 2.24) is 0 Å². The first-order valence-corrected chi connectivity index (χ1v) is 8.54. The topological polar surface area (TPSA) is 66.6 Å². The van der Waals surface area contributed by atoms with E-state index in [0.717, 1.165) is 4.31 Å². The number of benzene rings is 2. The fourth-order valence-electron chi connectivity index (χ4n) is 2.63. The zero-order valence-corrected chi connectivity index (χ0v) is 14.5. The second-order valence-corrected chi connectivity index (χ2v) is 6.89. The Hall–Kier alpha value is -1.97. The predicted molar refractivity (Wildman–Crippen MR) is 92.1 cm³/mol. The average molecular weight is 394 g/mol. The maximum absolute atomic E-state index is 14.2. The highest BCUT2D eigenvalue weighted by atomic mass is 35.5. The van der Waals surface area contributed by atoms with Gasteiger partial charge in [0, 0.05) is 18.7 Å². The van der Waals surface area contributed by atoms with Crippen molar-refractivity contribution in [2.75, 3.05) is 21.7 Å². The van der Waals surface area contributed by atoms with E-state index in [1.54, 1.807) is 12.1 Å². The highest BCUT2D eigenvalue weighted by molar-refractivity contribution is 7.95. The van der Waals surface area contributed by atoms with E-state index in [0.29, 0.717) is 22.9 Å². The molecule has 5 nitrogen and oxygen atoms in total. The van der Waals surface area contributed by atoms with Crippen LogP contribution in [0.4, 0.5) is 30.2 Å². The number of hydrogen-bond donors (Lipinski definition) is 1. The fraction of sp³-hybridized carbons (Fsp3) is 0.200. The van der Waals surface area contributed by atoms with Crippen molar-refractivity contribution in [3.05, 3.63) is 53.8 Å². The van der Waals surface area contributed by atoms with Crippen molar-refractivity contribution in [3.8, 4) is 0 Å². The van der Waals surface area contributed by atoms with Crippen LogP contribution in [0.2, 0.25) is 0 Å². The van der Waals surface area contributed by atoms with Gasteiger partial charge in [-0.3, -0.25) is 4.31 Å². The maximum Gasteiger partial charge on any atom is 0.331 e. The maximum atomic E-state index is 14.2. The molecule has 0 fully saturated rings. The summed E-state index contributed by atoms with van der Waals surface area (Å²) in [6.45, 7) is 0.324. The molecule has 0 aliphatic carbocycles. The molecular weight excluding hydrogens is 379 g/mol. The minimum atomic E-state index is -4.26. The van der Waals surface area contributed by atoms with Gasteiger partial charge in [0.1, 0.15) is 11.5 Å². The van der Waals surface area contributed by atoms with Crippen molar-refractivity contribution in [3.63, 3.8) is 0 Å². The number of rotatable bonds is 4. The van der Waals surface area contributed by atoms with Gasteiger partial charge in [-0.1, -0.05) is 12.1 Å². The summed E-state index contributed by atoms with van der Waals surface area (Å²) in [5.41, 5.74) is 4.98. The lowest BCUT2D eigenvalue weighted by atomic mass is 10.2. The summed E-state index contributed by atoms with van der Waals surface area (Å²) in [6.07, 6.45) is 0.371. The molecule has 2 N–H and O–H groups in total. The van der Waals surface area contributed by atoms with Crippen LogP contribution in [0.15, 0.2) is 36.4 Å². The molecule has 0 radical (unpaired) electrons. The molecule has 1 aliphatic rings. The first kappa shape index (κ1) is 19.4. The van der Waals surface area contributed by atoms with Crippen LogP contribution in [0.25, 0.3) is 0 Å². The van der Waals surface area contributed by atoms with Gasteiger partial charge in [0.2, 0.25) is 0 Å². The van der Waals surface area contributed by atoms with E-state index in [4.69, 9.17) is 5.73 Å². The molecule has 0 atom stereocenters. The van der Waals surface area contributed by atoms with Crippen molar-refractivity contribution < 1.29 is 21.6 Å². The van der Waals surface area contributed by atoms with E-state index in [1.807, 2.05) is 0 Å². The number of anilines is 3. The molecule has 1 aliphatic heterocycles. The highest BCUT2D eigenvalue weighted by Gasteiger charge is 2.43. The van der Waals surface area contributed by atoms with Crippen LogP contribution in [0.5, 0.6) is 0 Å². The lowest BCUT2D eigenvalue weighted by Crippen LogP contribution is -2.37. The quantitative estimate of drug-likeness (QED) is 0.868. The van der Waals surface area contributed by atoms with E-state index >= 15 is 0 Å². The van der Waals surface area contributed by atoms with Crippen LogP contribution in [-0.4, -0.2) is 21.5 Å². The molecule has 10 heteroatoms. The van der Waals surface area contributed by atoms with E-state index in [-0.39, 0.29) is 36.9 Å². The third kappa shape index (κ3) is 3.14. The van der Waals surface area contributed by atoms with Gasteiger partial charge in [-0.2, -0.15) is 8.42 Å². The Morgan fingerprint density at radius 2 is 1.56 bits per heavy atom. The van der Waals surface area contributed by atoms with Gasteiger partial charge in [0.05, 0.1) is 11.4 Å². The summed E-state index contributed by atoms with van der Waals surface area (Å²) >= 11 is 0. The summed E-state index contributed by atoms with van der Waals surface area (Å²) in [4.78, 5) is 0. The van der Waals surface area contributed by atoms with Crippen LogP contribution < -0.4 is 14.3 Å². The minimum absolute atomic E-state index is 0. The molecule has 2 aromatic carbocycles. The molecule has 0 spiro atoms. The van der Waals surface area contributed by atoms with Crippen LogP contribution in [-0.2, 0) is 10.2 Å². The largest absolute Gasteiger partial charge is 0.331 e. The zero-order chi connectivity index (χ0) is 17.5. The fourth-order valence-corrected chi connectivity index (χ4v) is 4.40. The first-order chi connectivity index (χ1) is 11.4. The van der Waals surface area contributed by atoms with E-state index in [1.165, 1.54) is 12.1 Å². The average Bonchev–Trinajstić information content (AvgIpc) is 2.72. The normalized spacial score (nSPS) is 15.0. The second-order valence-electron chi connectivity index (χ2n) is 5.19. The van der Waals surface area contributed by atoms with Crippen molar-refractivity contribution in [2.24, 2.45) is 5.73 Å². The number of fused-ring (bicyclic) bond motifs is 1. The van der Waals surface area contributed by atoms with Gasteiger partial charge in [-0.05, 0) is 25.1 Å². The number of nitrogens with zero attached hydrogens (tertiary/aromatic N) is 2. The molecule has 2 aromatic rings. The monoisotopic (exact) mass is 393 g/mol. The second kappa shape index (κ2) is 7.11. The number of nitrogens with two attached hydrogens (primary N) is 1. The van der Waals surface area contributed by atoms with Crippen molar-refractivity contribution >= 4 is 39.7 Å². The molecule has 0 saturated heterocycles. The van der Waals surface area contributed by atoms with Crippen LogP contribution in [0.1, 0.15) is 6.42 Å². The predicted octanol–water partition coefficient (Wildman–Crippen LogP) is 3.08. The van der Waals surface area contributed by atoms with Gasteiger partial charge in [0.15, 0.2) is 11.6 Å².